The quantitative estimate of drug-likeness (QED) is 0.291. The Balaban J connectivity index is 2.11. The maximum absolute atomic E-state index is 12.9. The molecule has 7 heteroatoms. The van der Waals surface area contributed by atoms with Crippen molar-refractivity contribution in [2.75, 3.05) is 31.1 Å². The average Bonchev–Trinajstić information content (AvgIpc) is 3.04. The van der Waals surface area contributed by atoms with Crippen LogP contribution in [0.1, 0.15) is 23.2 Å². The SMILES string of the molecule is CS(C)(C)CCOC(=O)[C@H]1[C@H](C=O)CC[C@@H]1C(=O)c1ccc(OP)cc1. The Bertz CT molecular complexity index is 653. The molecule has 0 bridgehead atoms. The summed E-state index contributed by atoms with van der Waals surface area (Å²) in [5, 5.41) is 0. The van der Waals surface area contributed by atoms with Crippen molar-refractivity contribution in [1.29, 1.82) is 0 Å². The van der Waals surface area contributed by atoms with Gasteiger partial charge in [0.25, 0.3) is 0 Å². The highest BCUT2D eigenvalue weighted by Crippen LogP contribution is 2.39. The van der Waals surface area contributed by atoms with Crippen molar-refractivity contribution in [2.45, 2.75) is 12.8 Å². The zero-order valence-electron chi connectivity index (χ0n) is 15.5. The highest BCUT2D eigenvalue weighted by molar-refractivity contribution is 8.32. The Morgan fingerprint density at radius 1 is 1.19 bits per heavy atom. The minimum atomic E-state index is -0.769. The lowest BCUT2D eigenvalue weighted by molar-refractivity contribution is -0.151. The van der Waals surface area contributed by atoms with Gasteiger partial charge in [-0.15, -0.1) is 0 Å². The van der Waals surface area contributed by atoms with E-state index in [2.05, 4.69) is 28.2 Å². The Morgan fingerprint density at radius 3 is 2.38 bits per heavy atom. The molecule has 0 saturated heterocycles. The van der Waals surface area contributed by atoms with E-state index in [1.54, 1.807) is 24.3 Å². The van der Waals surface area contributed by atoms with E-state index in [1.807, 2.05) is 0 Å². The van der Waals surface area contributed by atoms with E-state index in [1.165, 1.54) is 0 Å². The van der Waals surface area contributed by atoms with E-state index < -0.39 is 33.8 Å². The number of ketones is 1. The van der Waals surface area contributed by atoms with Crippen LogP contribution in [-0.4, -0.2) is 49.2 Å². The predicted molar refractivity (Wildman–Crippen MR) is 108 cm³/mol. The number of Topliss-reactive ketones (excluding diaryl/α,β-unsaturated/α-hetero) is 1. The van der Waals surface area contributed by atoms with Crippen molar-refractivity contribution in [3.8, 4) is 5.75 Å². The van der Waals surface area contributed by atoms with Crippen LogP contribution in [0.2, 0.25) is 0 Å². The van der Waals surface area contributed by atoms with Crippen molar-refractivity contribution in [1.82, 2.24) is 0 Å². The first kappa shape index (κ1) is 20.9. The highest BCUT2D eigenvalue weighted by Gasteiger charge is 2.45. The summed E-state index contributed by atoms with van der Waals surface area (Å²) in [6, 6.07) is 6.76. The summed E-state index contributed by atoms with van der Waals surface area (Å²) < 4.78 is 10.5. The summed E-state index contributed by atoms with van der Waals surface area (Å²) in [5.74, 6) is -0.751. The average molecular weight is 398 g/mol. The molecule has 0 radical (unpaired) electrons. The van der Waals surface area contributed by atoms with Crippen LogP contribution in [-0.2, 0) is 14.3 Å². The third kappa shape index (κ3) is 5.31. The lowest BCUT2D eigenvalue weighted by Crippen LogP contribution is -2.32. The number of esters is 1. The first-order chi connectivity index (χ1) is 12.3. The number of carbonyl (C=O) groups is 3. The van der Waals surface area contributed by atoms with Gasteiger partial charge in [-0.25, -0.2) is 10.0 Å². The minimum Gasteiger partial charge on any atom is -0.480 e. The zero-order valence-corrected chi connectivity index (χ0v) is 17.4. The molecule has 1 unspecified atom stereocenters. The van der Waals surface area contributed by atoms with Crippen molar-refractivity contribution in [3.05, 3.63) is 29.8 Å². The second-order valence-electron chi connectivity index (χ2n) is 7.48. The fourth-order valence-electron chi connectivity index (χ4n) is 3.22. The van der Waals surface area contributed by atoms with Crippen LogP contribution < -0.4 is 4.52 Å². The number of ether oxygens (including phenoxy) is 1. The number of hydrogen-bond acceptors (Lipinski definition) is 5. The van der Waals surface area contributed by atoms with Crippen LogP contribution in [0.4, 0.5) is 0 Å². The van der Waals surface area contributed by atoms with Gasteiger partial charge in [0.1, 0.15) is 12.0 Å². The molecule has 0 amide bonds. The molecule has 144 valence electrons. The fraction of sp³-hybridized carbons (Fsp3) is 0.526. The molecule has 2 rings (SSSR count). The van der Waals surface area contributed by atoms with Crippen LogP contribution in [0, 0.1) is 17.8 Å². The molecule has 0 N–H and O–H groups in total. The van der Waals surface area contributed by atoms with Gasteiger partial charge < -0.3 is 14.1 Å². The largest absolute Gasteiger partial charge is 0.480 e. The van der Waals surface area contributed by atoms with E-state index in [0.717, 1.165) is 12.0 Å². The molecular weight excluding hydrogens is 371 g/mol. The number of rotatable bonds is 8. The summed E-state index contributed by atoms with van der Waals surface area (Å²) in [7, 11) is 1.38. The maximum Gasteiger partial charge on any atom is 0.310 e. The zero-order chi connectivity index (χ0) is 19.3. The molecular formula is C19H27O5PS. The van der Waals surface area contributed by atoms with Gasteiger partial charge in [-0.2, -0.15) is 0 Å². The molecule has 1 fully saturated rings. The molecule has 1 saturated carbocycles. The van der Waals surface area contributed by atoms with E-state index >= 15 is 0 Å². The molecule has 4 atom stereocenters. The van der Waals surface area contributed by atoms with Crippen molar-refractivity contribution in [2.24, 2.45) is 17.8 Å². The lowest BCUT2D eigenvalue weighted by Gasteiger charge is -2.26. The minimum absolute atomic E-state index is 0.118. The molecule has 0 aromatic heterocycles. The molecule has 26 heavy (non-hydrogen) atoms. The first-order valence-corrected chi connectivity index (χ1v) is 12.1. The van der Waals surface area contributed by atoms with E-state index in [9.17, 15) is 14.4 Å². The van der Waals surface area contributed by atoms with Crippen LogP contribution >= 0.6 is 19.5 Å². The van der Waals surface area contributed by atoms with Gasteiger partial charge in [-0.1, -0.05) is 0 Å². The third-order valence-electron chi connectivity index (χ3n) is 4.70. The van der Waals surface area contributed by atoms with Crippen LogP contribution in [0.5, 0.6) is 5.75 Å². The first-order valence-electron chi connectivity index (χ1n) is 8.56. The van der Waals surface area contributed by atoms with Crippen molar-refractivity contribution >= 4 is 37.5 Å². The van der Waals surface area contributed by atoms with Gasteiger partial charge in [0.05, 0.1) is 22.0 Å². The van der Waals surface area contributed by atoms with Gasteiger partial charge in [0.2, 0.25) is 0 Å². The van der Waals surface area contributed by atoms with Gasteiger partial charge >= 0.3 is 5.97 Å². The Morgan fingerprint density at radius 2 is 1.85 bits per heavy atom. The molecule has 0 heterocycles. The number of aldehydes is 1. The molecule has 0 aliphatic heterocycles. The standard InChI is InChI=1S/C19H27O5PS/c1-26(2,3)11-10-23-19(22)17-14(12-20)6-9-16(17)18(21)13-4-7-15(24-25)8-5-13/h4-5,7-8,12,14,16-17H,6,9-11,25H2,1-3H3/t14-,16-,17-/m0/s1. The second kappa shape index (κ2) is 9.01. The van der Waals surface area contributed by atoms with Crippen molar-refractivity contribution in [3.63, 3.8) is 0 Å². The van der Waals surface area contributed by atoms with Crippen LogP contribution in [0.25, 0.3) is 0 Å². The second-order valence-corrected chi connectivity index (χ2v) is 12.3. The Labute approximate surface area is 158 Å². The molecule has 5 nitrogen and oxygen atoms in total. The van der Waals surface area contributed by atoms with E-state index in [0.29, 0.717) is 30.8 Å². The Hall–Kier alpha value is -1.39. The molecule has 0 spiro atoms. The summed E-state index contributed by atoms with van der Waals surface area (Å²) >= 11 is 0. The van der Waals surface area contributed by atoms with Crippen LogP contribution in [0.15, 0.2) is 24.3 Å². The predicted octanol–water partition coefficient (Wildman–Crippen LogP) is 3.12. The summed E-state index contributed by atoms with van der Waals surface area (Å²) in [5.41, 5.74) is 0.518. The topological polar surface area (TPSA) is 69.7 Å². The van der Waals surface area contributed by atoms with Gasteiger partial charge in [0.15, 0.2) is 5.78 Å². The molecule has 1 aliphatic rings. The summed E-state index contributed by atoms with van der Waals surface area (Å²) in [6.07, 6.45) is 8.31. The molecule has 1 aromatic rings. The smallest absolute Gasteiger partial charge is 0.310 e. The number of hydrogen-bond donors (Lipinski definition) is 0. The van der Waals surface area contributed by atoms with Gasteiger partial charge in [-0.3, -0.25) is 9.59 Å². The van der Waals surface area contributed by atoms with Crippen molar-refractivity contribution < 1.29 is 23.6 Å². The lowest BCUT2D eigenvalue weighted by atomic mass is 9.85. The van der Waals surface area contributed by atoms with E-state index in [-0.39, 0.29) is 5.78 Å². The van der Waals surface area contributed by atoms with Crippen LogP contribution in [0.3, 0.4) is 0 Å². The summed E-state index contributed by atoms with van der Waals surface area (Å²) in [6.45, 7) is 0.334. The van der Waals surface area contributed by atoms with E-state index in [4.69, 9.17) is 9.26 Å². The fourth-order valence-corrected chi connectivity index (χ4v) is 3.96. The maximum atomic E-state index is 12.9. The monoisotopic (exact) mass is 398 g/mol. The number of carbonyl (C=O) groups excluding carboxylic acids is 3. The van der Waals surface area contributed by atoms with Gasteiger partial charge in [-0.05, 0) is 55.9 Å². The molecule has 1 aliphatic carbocycles. The van der Waals surface area contributed by atoms with Gasteiger partial charge in [0, 0.05) is 23.2 Å². The third-order valence-corrected chi connectivity index (χ3v) is 6.37. The molecule has 1 aromatic carbocycles. The highest BCUT2D eigenvalue weighted by atomic mass is 32.3. The summed E-state index contributed by atoms with van der Waals surface area (Å²) in [4.78, 5) is 36.9. The Kier molecular flexibility index (Phi) is 7.24. The normalized spacial score (nSPS) is 23.3. The number of benzene rings is 1.